The Morgan fingerprint density at radius 3 is 2.78 bits per heavy atom. The summed E-state index contributed by atoms with van der Waals surface area (Å²) >= 11 is 1.65. The van der Waals surface area contributed by atoms with Crippen LogP contribution in [0.1, 0.15) is 17.4 Å². The van der Waals surface area contributed by atoms with Crippen molar-refractivity contribution in [1.82, 2.24) is 4.57 Å². The number of hydrogen-bond donors (Lipinski definition) is 0. The van der Waals surface area contributed by atoms with Crippen LogP contribution in [0, 0.1) is 0 Å². The first-order valence-electron chi connectivity index (χ1n) is 5.75. The Balaban J connectivity index is 2.45. The fourth-order valence-electron chi connectivity index (χ4n) is 1.79. The molecule has 2 aromatic rings. The van der Waals surface area contributed by atoms with Crippen LogP contribution in [0.25, 0.3) is 5.69 Å². The highest BCUT2D eigenvalue weighted by atomic mass is 32.2. The van der Waals surface area contributed by atoms with Crippen LogP contribution < -0.4 is 0 Å². The molecule has 0 fully saturated rings. The van der Waals surface area contributed by atoms with Gasteiger partial charge in [-0.25, -0.2) is 4.79 Å². The lowest BCUT2D eigenvalue weighted by Gasteiger charge is -2.11. The van der Waals surface area contributed by atoms with Gasteiger partial charge in [-0.05, 0) is 37.4 Å². The summed E-state index contributed by atoms with van der Waals surface area (Å²) in [6.07, 6.45) is 3.90. The van der Waals surface area contributed by atoms with Crippen LogP contribution in [0.3, 0.4) is 0 Å². The van der Waals surface area contributed by atoms with E-state index in [1.165, 1.54) is 0 Å². The number of ether oxygens (including phenoxy) is 1. The van der Waals surface area contributed by atoms with Gasteiger partial charge in [0.05, 0.1) is 12.3 Å². The highest BCUT2D eigenvalue weighted by molar-refractivity contribution is 7.98. The van der Waals surface area contributed by atoms with Gasteiger partial charge in [-0.1, -0.05) is 12.1 Å². The van der Waals surface area contributed by atoms with Crippen LogP contribution in [-0.4, -0.2) is 23.4 Å². The topological polar surface area (TPSA) is 31.2 Å². The summed E-state index contributed by atoms with van der Waals surface area (Å²) in [6.45, 7) is 2.19. The fourth-order valence-corrected chi connectivity index (χ4v) is 2.38. The van der Waals surface area contributed by atoms with Crippen LogP contribution >= 0.6 is 11.8 Å². The maximum atomic E-state index is 11.8. The van der Waals surface area contributed by atoms with E-state index in [1.54, 1.807) is 24.8 Å². The summed E-state index contributed by atoms with van der Waals surface area (Å²) in [6, 6.07) is 11.6. The van der Waals surface area contributed by atoms with Crippen molar-refractivity contribution in [2.75, 3.05) is 12.9 Å². The first-order chi connectivity index (χ1) is 8.77. The Kier molecular flexibility index (Phi) is 4.10. The molecule has 0 saturated heterocycles. The molecule has 0 aliphatic heterocycles. The minimum atomic E-state index is -0.293. The molecule has 0 radical (unpaired) electrons. The predicted molar refractivity (Wildman–Crippen MR) is 73.5 cm³/mol. The molecule has 18 heavy (non-hydrogen) atoms. The van der Waals surface area contributed by atoms with Gasteiger partial charge in [0.1, 0.15) is 5.69 Å². The normalized spacial score (nSPS) is 10.3. The lowest BCUT2D eigenvalue weighted by molar-refractivity contribution is 0.0517. The number of benzene rings is 1. The van der Waals surface area contributed by atoms with Crippen molar-refractivity contribution in [2.24, 2.45) is 0 Å². The Morgan fingerprint density at radius 2 is 2.06 bits per heavy atom. The minimum absolute atomic E-state index is 0.293. The highest BCUT2D eigenvalue weighted by Gasteiger charge is 2.14. The Hall–Kier alpha value is -1.68. The molecular weight excluding hydrogens is 246 g/mol. The highest BCUT2D eigenvalue weighted by Crippen LogP contribution is 2.25. The zero-order valence-corrected chi connectivity index (χ0v) is 11.2. The van der Waals surface area contributed by atoms with E-state index in [0.29, 0.717) is 12.3 Å². The van der Waals surface area contributed by atoms with Crippen molar-refractivity contribution >= 4 is 17.7 Å². The fraction of sp³-hybridized carbons (Fsp3) is 0.214. The molecule has 0 spiro atoms. The number of esters is 1. The zero-order valence-electron chi connectivity index (χ0n) is 10.4. The predicted octanol–water partition coefficient (Wildman–Crippen LogP) is 3.38. The van der Waals surface area contributed by atoms with Crippen molar-refractivity contribution in [3.63, 3.8) is 0 Å². The summed E-state index contributed by atoms with van der Waals surface area (Å²) in [7, 11) is 0. The molecule has 0 aliphatic rings. The largest absolute Gasteiger partial charge is 0.461 e. The van der Waals surface area contributed by atoms with Crippen molar-refractivity contribution in [1.29, 1.82) is 0 Å². The second kappa shape index (κ2) is 5.78. The third-order valence-corrected chi connectivity index (χ3v) is 3.36. The van der Waals surface area contributed by atoms with Crippen LogP contribution in [0.15, 0.2) is 47.5 Å². The van der Waals surface area contributed by atoms with E-state index in [0.717, 1.165) is 10.6 Å². The molecule has 1 heterocycles. The summed E-state index contributed by atoms with van der Waals surface area (Å²) in [5, 5.41) is 0. The average Bonchev–Trinajstić information content (AvgIpc) is 2.88. The molecule has 0 atom stereocenters. The van der Waals surface area contributed by atoms with E-state index >= 15 is 0 Å². The molecule has 0 aliphatic carbocycles. The molecule has 1 aromatic heterocycles. The lowest BCUT2D eigenvalue weighted by Crippen LogP contribution is -2.10. The molecule has 0 amide bonds. The van der Waals surface area contributed by atoms with Gasteiger partial charge in [-0.15, -0.1) is 11.8 Å². The van der Waals surface area contributed by atoms with Crippen molar-refractivity contribution in [2.45, 2.75) is 11.8 Å². The van der Waals surface area contributed by atoms with E-state index in [4.69, 9.17) is 4.74 Å². The number of rotatable bonds is 4. The number of carbonyl (C=O) groups excluding carboxylic acids is 1. The molecule has 94 valence electrons. The van der Waals surface area contributed by atoms with Crippen LogP contribution in [0.2, 0.25) is 0 Å². The lowest BCUT2D eigenvalue weighted by atomic mass is 10.3. The summed E-state index contributed by atoms with van der Waals surface area (Å²) < 4.78 is 6.92. The summed E-state index contributed by atoms with van der Waals surface area (Å²) in [5.74, 6) is -0.293. The van der Waals surface area contributed by atoms with Crippen molar-refractivity contribution in [3.05, 3.63) is 48.3 Å². The standard InChI is InChI=1S/C14H15NO2S/c1-3-17-14(16)12-8-6-10-15(12)11-7-4-5-9-13(11)18-2/h4-10H,3H2,1-2H3. The number of nitrogens with zero attached hydrogens (tertiary/aromatic N) is 1. The third-order valence-electron chi connectivity index (χ3n) is 2.58. The minimum Gasteiger partial charge on any atom is -0.461 e. The van der Waals surface area contributed by atoms with Crippen LogP contribution in [-0.2, 0) is 4.74 Å². The molecule has 3 nitrogen and oxygen atoms in total. The summed E-state index contributed by atoms with van der Waals surface area (Å²) in [4.78, 5) is 13.0. The molecule has 1 aromatic carbocycles. The van der Waals surface area contributed by atoms with Crippen molar-refractivity contribution < 1.29 is 9.53 Å². The first kappa shape index (κ1) is 12.8. The van der Waals surface area contributed by atoms with Gasteiger partial charge in [0.2, 0.25) is 0 Å². The Bertz CT molecular complexity index is 548. The van der Waals surface area contributed by atoms with E-state index in [9.17, 15) is 4.79 Å². The monoisotopic (exact) mass is 261 g/mol. The molecule has 2 rings (SSSR count). The van der Waals surface area contributed by atoms with Gasteiger partial charge in [0.15, 0.2) is 0 Å². The molecule has 0 saturated carbocycles. The quantitative estimate of drug-likeness (QED) is 0.624. The third kappa shape index (κ3) is 2.43. The molecule has 0 N–H and O–H groups in total. The van der Waals surface area contributed by atoms with Crippen molar-refractivity contribution in [3.8, 4) is 5.69 Å². The van der Waals surface area contributed by atoms with E-state index in [2.05, 4.69) is 0 Å². The molecule has 0 bridgehead atoms. The van der Waals surface area contributed by atoms with Gasteiger partial charge < -0.3 is 9.30 Å². The number of para-hydroxylation sites is 1. The van der Waals surface area contributed by atoms with E-state index in [-0.39, 0.29) is 5.97 Å². The second-order valence-electron chi connectivity index (χ2n) is 3.66. The average molecular weight is 261 g/mol. The smallest absolute Gasteiger partial charge is 0.355 e. The van der Waals surface area contributed by atoms with Gasteiger partial charge >= 0.3 is 5.97 Å². The number of thioether (sulfide) groups is 1. The maximum absolute atomic E-state index is 11.8. The number of aromatic nitrogens is 1. The zero-order chi connectivity index (χ0) is 13.0. The summed E-state index contributed by atoms with van der Waals surface area (Å²) in [5.41, 5.74) is 1.55. The molecule has 4 heteroatoms. The first-order valence-corrected chi connectivity index (χ1v) is 6.98. The Labute approximate surface area is 111 Å². The van der Waals surface area contributed by atoms with Crippen LogP contribution in [0.5, 0.6) is 0 Å². The second-order valence-corrected chi connectivity index (χ2v) is 4.50. The molecule has 0 unspecified atom stereocenters. The van der Waals surface area contributed by atoms with E-state index < -0.39 is 0 Å². The maximum Gasteiger partial charge on any atom is 0.355 e. The molecular formula is C14H15NO2S. The van der Waals surface area contributed by atoms with Gasteiger partial charge in [0.25, 0.3) is 0 Å². The van der Waals surface area contributed by atoms with Gasteiger partial charge in [-0.3, -0.25) is 0 Å². The van der Waals surface area contributed by atoms with E-state index in [1.807, 2.05) is 47.4 Å². The van der Waals surface area contributed by atoms with Gasteiger partial charge in [0, 0.05) is 11.1 Å². The van der Waals surface area contributed by atoms with Crippen LogP contribution in [0.4, 0.5) is 0 Å². The number of carbonyl (C=O) groups is 1. The van der Waals surface area contributed by atoms with Gasteiger partial charge in [-0.2, -0.15) is 0 Å². The number of hydrogen-bond acceptors (Lipinski definition) is 3. The Morgan fingerprint density at radius 1 is 1.28 bits per heavy atom. The SMILES string of the molecule is CCOC(=O)c1cccn1-c1ccccc1SC.